The lowest BCUT2D eigenvalue weighted by atomic mass is 10.1. The summed E-state index contributed by atoms with van der Waals surface area (Å²) in [5, 5.41) is 4.04. The lowest BCUT2D eigenvalue weighted by Gasteiger charge is -2.10. The first-order valence-corrected chi connectivity index (χ1v) is 7.30. The second-order valence-electron chi connectivity index (χ2n) is 5.46. The molecule has 23 heavy (non-hydrogen) atoms. The first-order chi connectivity index (χ1) is 11.2. The quantitative estimate of drug-likeness (QED) is 0.728. The largest absolute Gasteiger partial charge is 0.480 e. The molecule has 0 aromatic carbocycles. The molecule has 0 amide bonds. The van der Waals surface area contributed by atoms with Gasteiger partial charge in [-0.15, -0.1) is 0 Å². The molecule has 116 valence electrons. The Hall–Kier alpha value is -2.90. The lowest BCUT2D eigenvalue weighted by molar-refractivity contribution is 0.0926. The lowest BCUT2D eigenvalue weighted by Crippen LogP contribution is -2.07. The van der Waals surface area contributed by atoms with Crippen LogP contribution in [0.1, 0.15) is 36.2 Å². The Labute approximate surface area is 131 Å². The third kappa shape index (κ3) is 2.23. The molecule has 0 saturated heterocycles. The second-order valence-corrected chi connectivity index (χ2v) is 5.46. The Morgan fingerprint density at radius 1 is 1.26 bits per heavy atom. The van der Waals surface area contributed by atoms with E-state index in [0.29, 0.717) is 28.7 Å². The summed E-state index contributed by atoms with van der Waals surface area (Å²) >= 11 is 0. The molecule has 0 radical (unpaired) electrons. The van der Waals surface area contributed by atoms with Crippen LogP contribution in [0.25, 0.3) is 22.4 Å². The number of methoxy groups -OCH3 is 1. The van der Waals surface area contributed by atoms with E-state index in [1.165, 1.54) is 17.9 Å². The number of hydrogen-bond donors (Lipinski definition) is 0. The zero-order valence-corrected chi connectivity index (χ0v) is 12.7. The van der Waals surface area contributed by atoms with Gasteiger partial charge in [0.05, 0.1) is 25.2 Å². The summed E-state index contributed by atoms with van der Waals surface area (Å²) in [5.41, 5.74) is 2.80. The zero-order chi connectivity index (χ0) is 16.0. The molecule has 0 N–H and O–H groups in total. The molecular weight excluding hydrogens is 296 g/mol. The van der Waals surface area contributed by atoms with Crippen LogP contribution in [0.3, 0.4) is 0 Å². The van der Waals surface area contributed by atoms with E-state index in [2.05, 4.69) is 25.0 Å². The first kappa shape index (κ1) is 13.7. The van der Waals surface area contributed by atoms with Gasteiger partial charge < -0.3 is 4.74 Å². The van der Waals surface area contributed by atoms with Gasteiger partial charge in [0.1, 0.15) is 22.9 Å². The fourth-order valence-electron chi connectivity index (χ4n) is 2.61. The smallest absolute Gasteiger partial charge is 0.244 e. The van der Waals surface area contributed by atoms with Gasteiger partial charge in [-0.25, -0.2) is 19.9 Å². The van der Waals surface area contributed by atoms with Gasteiger partial charge in [0.25, 0.3) is 0 Å². The number of rotatable bonds is 3. The molecule has 0 bridgehead atoms. The molecule has 3 aromatic heterocycles. The SMILES string of the molecule is COc1ncnc(C2CC2)c1-c1ncc2c(cnn2C(C)=O)n1. The second kappa shape index (κ2) is 5.08. The third-order valence-electron chi connectivity index (χ3n) is 3.84. The van der Waals surface area contributed by atoms with Gasteiger partial charge >= 0.3 is 0 Å². The maximum atomic E-state index is 11.5. The highest BCUT2D eigenvalue weighted by atomic mass is 16.5. The van der Waals surface area contributed by atoms with Crippen molar-refractivity contribution in [1.82, 2.24) is 29.7 Å². The Bertz CT molecular complexity index is 915. The summed E-state index contributed by atoms with van der Waals surface area (Å²) < 4.78 is 6.65. The van der Waals surface area contributed by atoms with Crippen LogP contribution >= 0.6 is 0 Å². The van der Waals surface area contributed by atoms with Crippen molar-refractivity contribution in [3.63, 3.8) is 0 Å². The Kier molecular flexibility index (Phi) is 3.03. The molecule has 4 rings (SSSR count). The maximum Gasteiger partial charge on any atom is 0.244 e. The monoisotopic (exact) mass is 310 g/mol. The van der Waals surface area contributed by atoms with Crippen LogP contribution in [-0.4, -0.2) is 42.7 Å². The van der Waals surface area contributed by atoms with Crippen molar-refractivity contribution >= 4 is 16.9 Å². The van der Waals surface area contributed by atoms with Gasteiger partial charge in [-0.3, -0.25) is 4.79 Å². The Balaban J connectivity index is 1.91. The Morgan fingerprint density at radius 2 is 2.09 bits per heavy atom. The van der Waals surface area contributed by atoms with Gasteiger partial charge in [0.15, 0.2) is 5.82 Å². The summed E-state index contributed by atoms with van der Waals surface area (Å²) in [6.07, 6.45) is 6.84. The molecule has 0 aliphatic heterocycles. The highest BCUT2D eigenvalue weighted by Crippen LogP contribution is 2.44. The van der Waals surface area contributed by atoms with E-state index in [1.54, 1.807) is 19.5 Å². The molecule has 1 aliphatic rings. The van der Waals surface area contributed by atoms with Gasteiger partial charge in [-0.1, -0.05) is 0 Å². The number of aromatic nitrogens is 6. The van der Waals surface area contributed by atoms with E-state index < -0.39 is 0 Å². The van der Waals surface area contributed by atoms with Crippen molar-refractivity contribution in [3.8, 4) is 17.3 Å². The van der Waals surface area contributed by atoms with Gasteiger partial charge in [0.2, 0.25) is 11.8 Å². The molecule has 3 aromatic rings. The molecule has 1 aliphatic carbocycles. The summed E-state index contributed by atoms with van der Waals surface area (Å²) in [4.78, 5) is 29.0. The number of nitrogens with zero attached hydrogens (tertiary/aromatic N) is 6. The predicted molar refractivity (Wildman–Crippen MR) is 81.2 cm³/mol. The first-order valence-electron chi connectivity index (χ1n) is 7.30. The fourth-order valence-corrected chi connectivity index (χ4v) is 2.61. The average Bonchev–Trinajstić information content (AvgIpc) is 3.32. The standard InChI is InChI=1S/C15H14N6O2/c1-8(22)21-11-6-16-14(20-10(11)5-19-21)12-13(9-3-4-9)17-7-18-15(12)23-2/h5-7,9H,3-4H2,1-2H3. The molecule has 0 spiro atoms. The van der Waals surface area contributed by atoms with Crippen LogP contribution < -0.4 is 4.74 Å². The van der Waals surface area contributed by atoms with Crippen LogP contribution in [0.5, 0.6) is 5.88 Å². The van der Waals surface area contributed by atoms with Crippen LogP contribution in [0.15, 0.2) is 18.7 Å². The molecule has 1 saturated carbocycles. The number of ether oxygens (including phenoxy) is 1. The van der Waals surface area contributed by atoms with E-state index in [9.17, 15) is 4.79 Å². The number of fused-ring (bicyclic) bond motifs is 1. The van der Waals surface area contributed by atoms with Crippen molar-refractivity contribution in [2.75, 3.05) is 7.11 Å². The molecule has 8 heteroatoms. The van der Waals surface area contributed by atoms with Crippen LogP contribution in [0.2, 0.25) is 0 Å². The predicted octanol–water partition coefficient (Wildman–Crippen LogP) is 1.83. The van der Waals surface area contributed by atoms with E-state index in [0.717, 1.165) is 24.1 Å². The van der Waals surface area contributed by atoms with Crippen LogP contribution in [0.4, 0.5) is 0 Å². The summed E-state index contributed by atoms with van der Waals surface area (Å²) in [7, 11) is 1.56. The van der Waals surface area contributed by atoms with Crippen LogP contribution in [0, 0.1) is 0 Å². The normalized spacial score (nSPS) is 14.2. The van der Waals surface area contributed by atoms with E-state index >= 15 is 0 Å². The van der Waals surface area contributed by atoms with Crippen molar-refractivity contribution in [3.05, 3.63) is 24.4 Å². The number of carbonyl (C=O) groups is 1. The van der Waals surface area contributed by atoms with Gasteiger partial charge in [0, 0.05) is 12.8 Å². The third-order valence-corrected chi connectivity index (χ3v) is 3.84. The zero-order valence-electron chi connectivity index (χ0n) is 12.7. The van der Waals surface area contributed by atoms with Crippen molar-refractivity contribution < 1.29 is 9.53 Å². The van der Waals surface area contributed by atoms with Crippen molar-refractivity contribution in [2.45, 2.75) is 25.7 Å². The van der Waals surface area contributed by atoms with Gasteiger partial charge in [-0.05, 0) is 12.8 Å². The summed E-state index contributed by atoms with van der Waals surface area (Å²) in [6, 6.07) is 0. The summed E-state index contributed by atoms with van der Waals surface area (Å²) in [6.45, 7) is 1.44. The highest BCUT2D eigenvalue weighted by molar-refractivity contribution is 5.88. The number of hydrogen-bond acceptors (Lipinski definition) is 7. The molecule has 1 fully saturated rings. The molecule has 0 unspecified atom stereocenters. The topological polar surface area (TPSA) is 95.7 Å². The van der Waals surface area contributed by atoms with E-state index in [4.69, 9.17) is 4.74 Å². The minimum Gasteiger partial charge on any atom is -0.480 e. The van der Waals surface area contributed by atoms with Crippen molar-refractivity contribution in [2.24, 2.45) is 0 Å². The van der Waals surface area contributed by atoms with Crippen LogP contribution in [-0.2, 0) is 0 Å². The summed E-state index contributed by atoms with van der Waals surface area (Å²) in [5.74, 6) is 1.16. The molecule has 8 nitrogen and oxygen atoms in total. The minimum absolute atomic E-state index is 0.185. The Morgan fingerprint density at radius 3 is 2.78 bits per heavy atom. The molecule has 0 atom stereocenters. The fraction of sp³-hybridized carbons (Fsp3) is 0.333. The van der Waals surface area contributed by atoms with E-state index in [1.807, 2.05) is 0 Å². The number of carbonyl (C=O) groups excluding carboxylic acids is 1. The highest BCUT2D eigenvalue weighted by Gasteiger charge is 2.31. The average molecular weight is 310 g/mol. The molecular formula is C15H14N6O2. The van der Waals surface area contributed by atoms with E-state index in [-0.39, 0.29) is 5.91 Å². The minimum atomic E-state index is -0.185. The molecule has 3 heterocycles. The maximum absolute atomic E-state index is 11.5. The van der Waals surface area contributed by atoms with Crippen molar-refractivity contribution in [1.29, 1.82) is 0 Å². The van der Waals surface area contributed by atoms with Gasteiger partial charge in [-0.2, -0.15) is 9.78 Å².